The molecule has 0 aliphatic carbocycles. The van der Waals surface area contributed by atoms with E-state index in [4.69, 9.17) is 9.47 Å². The smallest absolute Gasteiger partial charge is 0.383 e. The van der Waals surface area contributed by atoms with Gasteiger partial charge in [-0.05, 0) is 0 Å². The molecule has 0 aromatic carbocycles. The summed E-state index contributed by atoms with van der Waals surface area (Å²) in [4.78, 5) is 3.79. The number of hydrogen-bond acceptors (Lipinski definition) is 3. The van der Waals surface area contributed by atoms with E-state index >= 15 is 0 Å². The van der Waals surface area contributed by atoms with E-state index in [1.807, 2.05) is 0 Å². The summed E-state index contributed by atoms with van der Waals surface area (Å²) in [5.41, 5.74) is 0.133. The molecule has 1 saturated heterocycles. The molecule has 58 valence electrons. The second-order valence-corrected chi connectivity index (χ2v) is 3.23. The Morgan fingerprint density at radius 3 is 2.20 bits per heavy atom. The van der Waals surface area contributed by atoms with Crippen LogP contribution in [0.3, 0.4) is 0 Å². The Morgan fingerprint density at radius 2 is 1.80 bits per heavy atom. The highest BCUT2D eigenvalue weighted by molar-refractivity contribution is 5.67. The molecule has 0 bridgehead atoms. The van der Waals surface area contributed by atoms with E-state index in [0.717, 1.165) is 0 Å². The van der Waals surface area contributed by atoms with Gasteiger partial charge >= 0.3 is 6.08 Å². The molecule has 0 amide bonds. The summed E-state index contributed by atoms with van der Waals surface area (Å²) in [5.74, 6) is 0. The Bertz CT molecular complexity index is 140. The van der Waals surface area contributed by atoms with Gasteiger partial charge in [-0.15, -0.1) is 0 Å². The molecule has 10 heavy (non-hydrogen) atoms. The summed E-state index contributed by atoms with van der Waals surface area (Å²) in [6.07, 6.45) is 0.416. The van der Waals surface area contributed by atoms with Crippen molar-refractivity contribution in [3.63, 3.8) is 0 Å². The van der Waals surface area contributed by atoms with Gasteiger partial charge in [-0.1, -0.05) is 13.8 Å². The zero-order valence-corrected chi connectivity index (χ0v) is 6.68. The van der Waals surface area contributed by atoms with E-state index in [9.17, 15) is 0 Å². The maximum absolute atomic E-state index is 5.17. The molecule has 3 nitrogen and oxygen atoms in total. The van der Waals surface area contributed by atoms with Crippen LogP contribution in [0, 0.1) is 5.41 Å². The van der Waals surface area contributed by atoms with Crippen molar-refractivity contribution in [3.8, 4) is 0 Å². The van der Waals surface area contributed by atoms with Crippen molar-refractivity contribution in [1.29, 1.82) is 0 Å². The zero-order valence-electron chi connectivity index (χ0n) is 6.68. The minimum absolute atomic E-state index is 0.133. The second-order valence-electron chi connectivity index (χ2n) is 3.23. The predicted molar refractivity (Wildman–Crippen MR) is 39.0 cm³/mol. The second kappa shape index (κ2) is 2.48. The normalized spacial score (nSPS) is 22.9. The molecule has 0 spiro atoms. The lowest BCUT2D eigenvalue weighted by Crippen LogP contribution is -2.34. The van der Waals surface area contributed by atoms with Crippen LogP contribution in [0.4, 0.5) is 0 Å². The van der Waals surface area contributed by atoms with Crippen LogP contribution in [0.25, 0.3) is 0 Å². The van der Waals surface area contributed by atoms with E-state index < -0.39 is 0 Å². The third-order valence-corrected chi connectivity index (χ3v) is 1.36. The van der Waals surface area contributed by atoms with Crippen molar-refractivity contribution in [2.45, 2.75) is 13.8 Å². The molecule has 0 aromatic heterocycles. The molecule has 1 rings (SSSR count). The molecule has 1 aliphatic rings. The van der Waals surface area contributed by atoms with Gasteiger partial charge in [0.05, 0.1) is 0 Å². The highest BCUT2D eigenvalue weighted by atomic mass is 16.7. The minimum atomic E-state index is 0.133. The van der Waals surface area contributed by atoms with Crippen molar-refractivity contribution in [2.24, 2.45) is 10.4 Å². The first kappa shape index (κ1) is 7.38. The third kappa shape index (κ3) is 1.62. The van der Waals surface area contributed by atoms with Gasteiger partial charge in [0.1, 0.15) is 13.2 Å². The molecular formula is C7H13NO2. The topological polar surface area (TPSA) is 30.8 Å². The molecular weight excluding hydrogens is 130 g/mol. The lowest BCUT2D eigenvalue weighted by molar-refractivity contribution is 0.00674. The zero-order chi connectivity index (χ0) is 7.61. The molecule has 0 unspecified atom stereocenters. The Kier molecular flexibility index (Phi) is 1.83. The highest BCUT2D eigenvalue weighted by Gasteiger charge is 2.26. The van der Waals surface area contributed by atoms with Crippen molar-refractivity contribution >= 4 is 6.08 Å². The fourth-order valence-corrected chi connectivity index (χ4v) is 0.727. The van der Waals surface area contributed by atoms with Crippen LogP contribution in [0.2, 0.25) is 0 Å². The fourth-order valence-electron chi connectivity index (χ4n) is 0.727. The first-order valence-electron chi connectivity index (χ1n) is 3.36. The maximum atomic E-state index is 5.17. The van der Waals surface area contributed by atoms with Gasteiger partial charge < -0.3 is 9.47 Å². The summed E-state index contributed by atoms with van der Waals surface area (Å²) < 4.78 is 10.3. The van der Waals surface area contributed by atoms with Gasteiger partial charge in [-0.3, -0.25) is 0 Å². The third-order valence-electron chi connectivity index (χ3n) is 1.36. The van der Waals surface area contributed by atoms with Gasteiger partial charge in [-0.25, -0.2) is 4.99 Å². The van der Waals surface area contributed by atoms with Crippen LogP contribution in [0.1, 0.15) is 13.8 Å². The number of ether oxygens (including phenoxy) is 2. The molecule has 0 N–H and O–H groups in total. The largest absolute Gasteiger partial charge is 0.450 e. The SMILES string of the molecule is CN=C1OCC(C)(C)CO1. The fraction of sp³-hybridized carbons (Fsp3) is 0.857. The Morgan fingerprint density at radius 1 is 1.30 bits per heavy atom. The standard InChI is InChI=1S/C7H13NO2/c1-7(2)4-9-6(8-3)10-5-7/h4-5H2,1-3H3. The van der Waals surface area contributed by atoms with Crippen LogP contribution < -0.4 is 0 Å². The van der Waals surface area contributed by atoms with Crippen molar-refractivity contribution in [2.75, 3.05) is 20.3 Å². The maximum Gasteiger partial charge on any atom is 0.383 e. The van der Waals surface area contributed by atoms with Gasteiger partial charge in [0.2, 0.25) is 0 Å². The van der Waals surface area contributed by atoms with E-state index in [2.05, 4.69) is 18.8 Å². The molecule has 0 radical (unpaired) electrons. The quantitative estimate of drug-likeness (QED) is 0.507. The van der Waals surface area contributed by atoms with Gasteiger partial charge in [0, 0.05) is 12.5 Å². The number of hydrogen-bond donors (Lipinski definition) is 0. The summed E-state index contributed by atoms with van der Waals surface area (Å²) in [7, 11) is 1.66. The molecule has 3 heteroatoms. The molecule has 0 saturated carbocycles. The van der Waals surface area contributed by atoms with E-state index in [1.165, 1.54) is 0 Å². The number of aliphatic imine (C=N–C) groups is 1. The van der Waals surface area contributed by atoms with Gasteiger partial charge in [0.25, 0.3) is 0 Å². The van der Waals surface area contributed by atoms with Crippen LogP contribution in [0.15, 0.2) is 4.99 Å². The van der Waals surface area contributed by atoms with E-state index in [1.54, 1.807) is 7.05 Å². The molecule has 1 heterocycles. The van der Waals surface area contributed by atoms with Crippen LogP contribution in [0.5, 0.6) is 0 Å². The summed E-state index contributed by atoms with van der Waals surface area (Å²) in [5, 5.41) is 0. The van der Waals surface area contributed by atoms with Crippen LogP contribution in [-0.2, 0) is 9.47 Å². The number of rotatable bonds is 0. The monoisotopic (exact) mass is 143 g/mol. The number of nitrogens with zero attached hydrogens (tertiary/aromatic N) is 1. The van der Waals surface area contributed by atoms with Crippen molar-refractivity contribution in [3.05, 3.63) is 0 Å². The average molecular weight is 143 g/mol. The van der Waals surface area contributed by atoms with E-state index in [0.29, 0.717) is 19.3 Å². The predicted octanol–water partition coefficient (Wildman–Crippen LogP) is 1.05. The molecule has 0 aromatic rings. The molecule has 1 fully saturated rings. The molecule has 0 atom stereocenters. The van der Waals surface area contributed by atoms with Gasteiger partial charge in [0.15, 0.2) is 0 Å². The summed E-state index contributed by atoms with van der Waals surface area (Å²) in [6.45, 7) is 5.58. The summed E-state index contributed by atoms with van der Waals surface area (Å²) in [6, 6.07) is 0. The minimum Gasteiger partial charge on any atom is -0.450 e. The average Bonchev–Trinajstić information content (AvgIpc) is 1.88. The Labute approximate surface area is 61.0 Å². The first-order chi connectivity index (χ1) is 4.64. The highest BCUT2D eigenvalue weighted by Crippen LogP contribution is 2.20. The Balaban J connectivity index is 2.46. The van der Waals surface area contributed by atoms with E-state index in [-0.39, 0.29) is 5.41 Å². The van der Waals surface area contributed by atoms with Crippen molar-refractivity contribution in [1.82, 2.24) is 0 Å². The first-order valence-corrected chi connectivity index (χ1v) is 3.36. The van der Waals surface area contributed by atoms with Crippen LogP contribution >= 0.6 is 0 Å². The lowest BCUT2D eigenvalue weighted by Gasteiger charge is -2.29. The van der Waals surface area contributed by atoms with Gasteiger partial charge in [-0.2, -0.15) is 0 Å². The summed E-state index contributed by atoms with van der Waals surface area (Å²) >= 11 is 0. The lowest BCUT2D eigenvalue weighted by atomic mass is 9.96. The molecule has 1 aliphatic heterocycles. The Hall–Kier alpha value is -0.730. The van der Waals surface area contributed by atoms with Crippen molar-refractivity contribution < 1.29 is 9.47 Å². The van der Waals surface area contributed by atoms with Crippen LogP contribution in [-0.4, -0.2) is 26.3 Å².